The van der Waals surface area contributed by atoms with Gasteiger partial charge in [0.15, 0.2) is 5.03 Å². The Hall–Kier alpha value is -0.390. The first-order valence-corrected chi connectivity index (χ1v) is 8.80. The molecule has 0 aliphatic carbocycles. The molecule has 0 N–H and O–H groups in total. The van der Waals surface area contributed by atoms with Crippen molar-refractivity contribution in [2.24, 2.45) is 7.05 Å². The van der Waals surface area contributed by atoms with Crippen molar-refractivity contribution in [2.75, 3.05) is 35.5 Å². The first-order chi connectivity index (χ1) is 9.44. The molecule has 0 aromatic carbocycles. The van der Waals surface area contributed by atoms with Crippen molar-refractivity contribution in [1.82, 2.24) is 4.57 Å². The minimum atomic E-state index is -3.61. The highest BCUT2D eigenvalue weighted by Crippen LogP contribution is 2.64. The summed E-state index contributed by atoms with van der Waals surface area (Å²) in [4.78, 5) is 0. The van der Waals surface area contributed by atoms with Gasteiger partial charge in [-0.1, -0.05) is 0 Å². The molecule has 0 spiro atoms. The fourth-order valence-electron chi connectivity index (χ4n) is 1.85. The summed E-state index contributed by atoms with van der Waals surface area (Å²) in [6, 6.07) is 3.58. The number of aryl methyl sites for hydroxylation is 1. The van der Waals surface area contributed by atoms with Gasteiger partial charge in [0.05, 0.1) is 5.69 Å². The maximum absolute atomic E-state index is 12.9. The van der Waals surface area contributed by atoms with Gasteiger partial charge in [0, 0.05) is 48.8 Å². The van der Waals surface area contributed by atoms with Gasteiger partial charge in [-0.25, -0.2) is 0 Å². The molecular formula is C11H21NO6P2. The van der Waals surface area contributed by atoms with Gasteiger partial charge < -0.3 is 27.2 Å². The zero-order chi connectivity index (χ0) is 15.4. The quantitative estimate of drug-likeness (QED) is 0.718. The van der Waals surface area contributed by atoms with Crippen LogP contribution in [-0.4, -0.2) is 45.2 Å². The average molecular weight is 325 g/mol. The summed E-state index contributed by atoms with van der Waals surface area (Å²) < 4.78 is 41.1. The third-order valence-electron chi connectivity index (χ3n) is 2.89. The van der Waals surface area contributed by atoms with Gasteiger partial charge in [-0.15, -0.1) is 0 Å². The van der Waals surface area contributed by atoms with E-state index in [0.717, 1.165) is 0 Å². The van der Waals surface area contributed by atoms with Crippen LogP contribution in [0.25, 0.3) is 0 Å². The molecule has 0 bridgehead atoms. The van der Waals surface area contributed by atoms with Crippen LogP contribution in [0.2, 0.25) is 0 Å². The summed E-state index contributed by atoms with van der Waals surface area (Å²) in [5.41, 5.74) is 0.607. The second-order valence-corrected chi connectivity index (χ2v) is 8.80. The Kier molecular flexibility index (Phi) is 6.23. The van der Waals surface area contributed by atoms with Crippen molar-refractivity contribution in [1.29, 1.82) is 0 Å². The van der Waals surface area contributed by atoms with Crippen LogP contribution in [0.1, 0.15) is 5.69 Å². The Balaban J connectivity index is 3.81. The highest BCUT2D eigenvalue weighted by atomic mass is 31.2. The van der Waals surface area contributed by atoms with E-state index in [9.17, 15) is 4.57 Å². The summed E-state index contributed by atoms with van der Waals surface area (Å²) in [5.74, 6) is 0. The molecule has 0 fully saturated rings. The third-order valence-corrected chi connectivity index (χ3v) is 8.26. The van der Waals surface area contributed by atoms with E-state index in [1.807, 2.05) is 0 Å². The molecule has 0 aliphatic heterocycles. The van der Waals surface area contributed by atoms with Crippen LogP contribution in [0.15, 0.2) is 18.3 Å². The molecule has 0 atom stereocenters. The Morgan fingerprint density at radius 1 is 1.00 bits per heavy atom. The first kappa shape index (κ1) is 17.7. The smallest absolute Gasteiger partial charge is 0.350 e. The van der Waals surface area contributed by atoms with Crippen molar-refractivity contribution in [2.45, 2.75) is 0 Å². The van der Waals surface area contributed by atoms with Gasteiger partial charge in [0.2, 0.25) is 0 Å². The largest absolute Gasteiger partial charge is 0.369 e. The molecule has 1 rings (SSSR count). The van der Waals surface area contributed by atoms with E-state index >= 15 is 0 Å². The number of rotatable bonds is 7. The second kappa shape index (κ2) is 7.05. The summed E-state index contributed by atoms with van der Waals surface area (Å²) in [6.45, 7) is 0. The van der Waals surface area contributed by atoms with E-state index in [1.165, 1.54) is 35.5 Å². The lowest BCUT2D eigenvalue weighted by Crippen LogP contribution is -2.15. The van der Waals surface area contributed by atoms with E-state index < -0.39 is 15.2 Å². The van der Waals surface area contributed by atoms with Crippen molar-refractivity contribution < 1.29 is 27.2 Å². The van der Waals surface area contributed by atoms with E-state index in [-0.39, 0.29) is 5.03 Å². The Morgan fingerprint density at radius 2 is 1.50 bits per heavy atom. The standard InChI is InChI=1S/C11H21NO6P2/c1-12-9-7-8-10(12)11(19(13,14-2)15-3)20(16-4,17-5)18-6/h7-9H,1-6H3. The zero-order valence-corrected chi connectivity index (χ0v) is 14.3. The van der Waals surface area contributed by atoms with E-state index in [4.69, 9.17) is 22.6 Å². The Morgan fingerprint density at radius 3 is 1.80 bits per heavy atom. The SMILES string of the molecule is COP(=O)(OC)C(c1cccn1C)=P(OC)(OC)OC. The van der Waals surface area contributed by atoms with Gasteiger partial charge >= 0.3 is 7.60 Å². The highest BCUT2D eigenvalue weighted by Gasteiger charge is 2.41. The molecule has 9 heteroatoms. The van der Waals surface area contributed by atoms with Crippen LogP contribution >= 0.6 is 15.2 Å². The summed E-state index contributed by atoms with van der Waals surface area (Å²) in [7, 11) is 2.07. The third kappa shape index (κ3) is 2.95. The minimum absolute atomic E-state index is 0.245. The van der Waals surface area contributed by atoms with Crippen LogP contribution in [-0.2, 0) is 34.2 Å². The van der Waals surface area contributed by atoms with E-state index in [1.54, 1.807) is 29.9 Å². The van der Waals surface area contributed by atoms with Crippen LogP contribution < -0.4 is 0 Å². The molecule has 1 aromatic rings. The van der Waals surface area contributed by atoms with Crippen LogP contribution in [0.4, 0.5) is 0 Å². The molecule has 116 valence electrons. The maximum atomic E-state index is 12.9. The number of hydrogen-bond acceptors (Lipinski definition) is 6. The molecule has 0 saturated heterocycles. The van der Waals surface area contributed by atoms with Crippen molar-refractivity contribution in [3.8, 4) is 0 Å². The van der Waals surface area contributed by atoms with Gasteiger partial charge in [0.1, 0.15) is 0 Å². The first-order valence-electron chi connectivity index (χ1n) is 5.72. The maximum Gasteiger partial charge on any atom is 0.369 e. The highest BCUT2D eigenvalue weighted by molar-refractivity contribution is 7.89. The molecule has 1 heterocycles. The van der Waals surface area contributed by atoms with E-state index in [0.29, 0.717) is 5.69 Å². The second-order valence-electron chi connectivity index (χ2n) is 3.74. The molecule has 0 unspecified atom stereocenters. The molecule has 7 nitrogen and oxygen atoms in total. The molecule has 0 radical (unpaired) electrons. The molecule has 0 saturated carbocycles. The summed E-state index contributed by atoms with van der Waals surface area (Å²) >= 11 is 0. The van der Waals surface area contributed by atoms with Crippen LogP contribution in [0.5, 0.6) is 0 Å². The lowest BCUT2D eigenvalue weighted by Gasteiger charge is -2.28. The molecule has 20 heavy (non-hydrogen) atoms. The molecule has 0 amide bonds. The summed E-state index contributed by atoms with van der Waals surface area (Å²) in [5, 5.41) is 0.245. The number of hydrogen-bond donors (Lipinski definition) is 0. The van der Waals surface area contributed by atoms with Gasteiger partial charge in [-0.3, -0.25) is 4.57 Å². The van der Waals surface area contributed by atoms with Gasteiger partial charge in [0.25, 0.3) is 7.57 Å². The van der Waals surface area contributed by atoms with Gasteiger partial charge in [-0.05, 0) is 12.1 Å². The fourth-order valence-corrected chi connectivity index (χ4v) is 6.77. The predicted octanol–water partition coefficient (Wildman–Crippen LogP) is 2.69. The van der Waals surface area contributed by atoms with E-state index in [2.05, 4.69) is 0 Å². The Bertz CT molecular complexity index is 526. The predicted molar refractivity (Wildman–Crippen MR) is 79.1 cm³/mol. The number of aromatic nitrogens is 1. The average Bonchev–Trinajstić information content (AvgIpc) is 2.90. The van der Waals surface area contributed by atoms with Crippen molar-refractivity contribution in [3.05, 3.63) is 24.0 Å². The van der Waals surface area contributed by atoms with Crippen LogP contribution in [0, 0.1) is 0 Å². The monoisotopic (exact) mass is 325 g/mol. The summed E-state index contributed by atoms with van der Waals surface area (Å²) in [6.07, 6.45) is 1.81. The zero-order valence-electron chi connectivity index (χ0n) is 12.5. The fraction of sp³-hybridized carbons (Fsp3) is 0.545. The Labute approximate surface area is 119 Å². The lowest BCUT2D eigenvalue weighted by molar-refractivity contribution is 0.232. The normalized spacial score (nSPS) is 12.7. The lowest BCUT2D eigenvalue weighted by atomic mass is 10.5. The number of nitrogens with zero attached hydrogens (tertiary/aromatic N) is 1. The topological polar surface area (TPSA) is 68.2 Å². The molecule has 1 aromatic heterocycles. The molecular weight excluding hydrogens is 304 g/mol. The van der Waals surface area contributed by atoms with Gasteiger partial charge in [-0.2, -0.15) is 0 Å². The minimum Gasteiger partial charge on any atom is -0.350 e. The molecule has 0 aliphatic rings. The van der Waals surface area contributed by atoms with Crippen LogP contribution in [0.3, 0.4) is 0 Å². The van der Waals surface area contributed by atoms with Crippen molar-refractivity contribution in [3.63, 3.8) is 0 Å². The van der Waals surface area contributed by atoms with Crippen molar-refractivity contribution >= 4 is 20.2 Å².